The number of fused-ring (bicyclic) bond motifs is 2. The predicted molar refractivity (Wildman–Crippen MR) is 149 cm³/mol. The summed E-state index contributed by atoms with van der Waals surface area (Å²) in [5.41, 5.74) is -0.441. The minimum absolute atomic E-state index is 0.339. The molecule has 2 aliphatic rings. The van der Waals surface area contributed by atoms with Crippen LogP contribution in [-0.4, -0.2) is 27.5 Å². The van der Waals surface area contributed by atoms with E-state index in [0.717, 1.165) is 35.2 Å². The molecule has 1 aromatic heterocycles. The van der Waals surface area contributed by atoms with E-state index in [0.29, 0.717) is 26.1 Å². The Morgan fingerprint density at radius 1 is 0.854 bits per heavy atom. The summed E-state index contributed by atoms with van der Waals surface area (Å²) in [6, 6.07) is 21.9. The lowest BCUT2D eigenvalue weighted by molar-refractivity contribution is -0.137. The average Bonchev–Trinajstić information content (AvgIpc) is 3.39. The Bertz CT molecular complexity index is 1720. The van der Waals surface area contributed by atoms with Gasteiger partial charge in [-0.3, -0.25) is 23.7 Å². The molecule has 41 heavy (non-hydrogen) atoms. The molecule has 3 heterocycles. The number of carbonyl (C=O) groups is 3. The number of nitrogens with one attached hydrogen (secondary N) is 1. The molecule has 1 fully saturated rings. The summed E-state index contributed by atoms with van der Waals surface area (Å²) < 4.78 is 42.9. The van der Waals surface area contributed by atoms with Gasteiger partial charge in [0.05, 0.1) is 22.2 Å². The van der Waals surface area contributed by atoms with Crippen molar-refractivity contribution in [2.75, 3.05) is 10.2 Å². The van der Waals surface area contributed by atoms with E-state index in [-0.39, 0.29) is 6.54 Å². The second-order valence-corrected chi connectivity index (χ2v) is 11.6. The Morgan fingerprint density at radius 3 is 2.17 bits per heavy atom. The third-order valence-electron chi connectivity index (χ3n) is 7.02. The van der Waals surface area contributed by atoms with Gasteiger partial charge in [0.2, 0.25) is 17.7 Å². The van der Waals surface area contributed by atoms with Crippen LogP contribution in [0.5, 0.6) is 0 Å². The van der Waals surface area contributed by atoms with Crippen LogP contribution in [0.3, 0.4) is 0 Å². The molecule has 1 N–H and O–H groups in total. The van der Waals surface area contributed by atoms with E-state index >= 15 is 0 Å². The lowest BCUT2D eigenvalue weighted by Gasteiger charge is -2.30. The summed E-state index contributed by atoms with van der Waals surface area (Å²) in [5.74, 6) is -3.85. The Hall–Kier alpha value is -4.16. The number of carbonyl (C=O) groups excluding carboxylic acids is 3. The maximum absolute atomic E-state index is 13.9. The van der Waals surface area contributed by atoms with Crippen molar-refractivity contribution < 1.29 is 27.6 Å². The number of amides is 3. The number of thiazole rings is 1. The molecule has 6 rings (SSSR count). The SMILES string of the molecule is O=C(Cn1c2c(sc1=O)C(c1ccccc1)C1C(=O)N(c3ccccc3C(F)(F)F)C(=O)C1S2)Nc1ccccc1. The lowest BCUT2D eigenvalue weighted by atomic mass is 9.83. The van der Waals surface area contributed by atoms with Crippen molar-refractivity contribution >= 4 is 52.2 Å². The van der Waals surface area contributed by atoms with Gasteiger partial charge in [-0.05, 0) is 29.8 Å². The second-order valence-electron chi connectivity index (χ2n) is 9.52. The maximum Gasteiger partial charge on any atom is 0.418 e. The molecule has 3 atom stereocenters. The van der Waals surface area contributed by atoms with Crippen molar-refractivity contribution in [2.24, 2.45) is 5.92 Å². The fourth-order valence-electron chi connectivity index (χ4n) is 5.29. The van der Waals surface area contributed by atoms with E-state index in [4.69, 9.17) is 0 Å². The molecule has 0 saturated carbocycles. The summed E-state index contributed by atoms with van der Waals surface area (Å²) in [5, 5.41) is 1.98. The molecular formula is C29H20F3N3O4S2. The number of para-hydroxylation sites is 2. The first-order chi connectivity index (χ1) is 19.6. The molecule has 0 radical (unpaired) electrons. The summed E-state index contributed by atoms with van der Waals surface area (Å²) >= 11 is 1.81. The molecule has 7 nitrogen and oxygen atoms in total. The molecule has 208 valence electrons. The van der Waals surface area contributed by atoms with Gasteiger partial charge in [0.25, 0.3) is 0 Å². The number of thioether (sulfide) groups is 1. The van der Waals surface area contributed by atoms with Crippen LogP contribution in [0.1, 0.15) is 21.9 Å². The first kappa shape index (κ1) is 27.0. The molecule has 1 saturated heterocycles. The highest BCUT2D eigenvalue weighted by Crippen LogP contribution is 2.54. The molecule has 3 unspecified atom stereocenters. The Balaban J connectivity index is 1.43. The maximum atomic E-state index is 13.9. The Morgan fingerprint density at radius 2 is 1.49 bits per heavy atom. The van der Waals surface area contributed by atoms with Crippen molar-refractivity contribution in [3.8, 4) is 0 Å². The van der Waals surface area contributed by atoms with E-state index in [1.54, 1.807) is 60.7 Å². The fourth-order valence-corrected chi connectivity index (χ4v) is 8.06. The minimum Gasteiger partial charge on any atom is -0.325 e. The van der Waals surface area contributed by atoms with E-state index < -0.39 is 57.1 Å². The van der Waals surface area contributed by atoms with E-state index in [1.165, 1.54) is 16.7 Å². The monoisotopic (exact) mass is 595 g/mol. The van der Waals surface area contributed by atoms with Gasteiger partial charge in [-0.15, -0.1) is 0 Å². The van der Waals surface area contributed by atoms with Gasteiger partial charge in [0, 0.05) is 16.5 Å². The highest BCUT2D eigenvalue weighted by atomic mass is 32.2. The second kappa shape index (κ2) is 10.3. The van der Waals surface area contributed by atoms with Crippen LogP contribution in [-0.2, 0) is 27.1 Å². The summed E-state index contributed by atoms with van der Waals surface area (Å²) in [6.45, 7) is -0.339. The summed E-state index contributed by atoms with van der Waals surface area (Å²) in [6.07, 6.45) is -4.79. The number of aromatic nitrogens is 1. The predicted octanol–water partition coefficient (Wildman–Crippen LogP) is 5.36. The molecule has 0 spiro atoms. The van der Waals surface area contributed by atoms with Gasteiger partial charge in [0.15, 0.2) is 0 Å². The van der Waals surface area contributed by atoms with E-state index in [9.17, 15) is 32.3 Å². The normalized spacial score (nSPS) is 20.1. The van der Waals surface area contributed by atoms with Crippen molar-refractivity contribution in [2.45, 2.75) is 28.9 Å². The Labute approximate surface area is 239 Å². The van der Waals surface area contributed by atoms with Crippen molar-refractivity contribution in [3.63, 3.8) is 0 Å². The standard InChI is InChI=1S/C29H20F3N3O4S2/c30-29(31,32)18-13-7-8-14-19(18)35-25(37)22-21(16-9-3-1-4-10-16)24-27(40-23(22)26(35)38)34(28(39)41-24)15-20(36)33-17-11-5-2-6-12-17/h1-14,21-23H,15H2,(H,33,36). The number of alkyl halides is 3. The molecule has 2 aliphatic heterocycles. The van der Waals surface area contributed by atoms with Crippen molar-refractivity contribution in [1.82, 2.24) is 4.57 Å². The Kier molecular flexibility index (Phi) is 6.82. The first-order valence-electron chi connectivity index (χ1n) is 12.5. The zero-order valence-corrected chi connectivity index (χ0v) is 22.6. The van der Waals surface area contributed by atoms with Gasteiger partial charge in [-0.2, -0.15) is 13.2 Å². The number of benzene rings is 3. The number of nitrogens with zero attached hydrogens (tertiary/aromatic N) is 2. The van der Waals surface area contributed by atoms with E-state index in [2.05, 4.69) is 5.32 Å². The van der Waals surface area contributed by atoms with E-state index in [1.807, 2.05) is 0 Å². The largest absolute Gasteiger partial charge is 0.418 e. The number of rotatable bonds is 5. The first-order valence-corrected chi connectivity index (χ1v) is 14.2. The van der Waals surface area contributed by atoms with Gasteiger partial charge < -0.3 is 5.32 Å². The van der Waals surface area contributed by atoms with Gasteiger partial charge in [-0.1, -0.05) is 83.8 Å². The van der Waals surface area contributed by atoms with Crippen molar-refractivity contribution in [3.05, 3.63) is 111 Å². The fraction of sp³-hybridized carbons (Fsp3) is 0.172. The molecule has 3 amide bonds. The van der Waals surface area contributed by atoms with Crippen LogP contribution in [0.15, 0.2) is 94.7 Å². The number of hydrogen-bond acceptors (Lipinski definition) is 6. The molecule has 4 aromatic rings. The number of hydrogen-bond donors (Lipinski definition) is 1. The topological polar surface area (TPSA) is 88.5 Å². The average molecular weight is 596 g/mol. The number of anilines is 2. The highest BCUT2D eigenvalue weighted by Gasteiger charge is 2.57. The molecular weight excluding hydrogens is 575 g/mol. The molecule has 12 heteroatoms. The van der Waals surface area contributed by atoms with Crippen LogP contribution < -0.4 is 15.1 Å². The van der Waals surface area contributed by atoms with Gasteiger partial charge >= 0.3 is 11.0 Å². The lowest BCUT2D eigenvalue weighted by Crippen LogP contribution is -2.33. The van der Waals surface area contributed by atoms with Crippen LogP contribution in [0, 0.1) is 5.92 Å². The third kappa shape index (κ3) is 4.76. The van der Waals surface area contributed by atoms with Crippen LogP contribution in [0.25, 0.3) is 0 Å². The van der Waals surface area contributed by atoms with Crippen LogP contribution in [0.2, 0.25) is 0 Å². The summed E-state index contributed by atoms with van der Waals surface area (Å²) in [7, 11) is 0. The summed E-state index contributed by atoms with van der Waals surface area (Å²) in [4.78, 5) is 54.4. The number of halogens is 3. The van der Waals surface area contributed by atoms with Crippen molar-refractivity contribution in [1.29, 1.82) is 0 Å². The molecule has 0 bridgehead atoms. The zero-order valence-electron chi connectivity index (χ0n) is 21.0. The molecule has 0 aliphatic carbocycles. The quantitative estimate of drug-likeness (QED) is 0.314. The zero-order chi connectivity index (χ0) is 28.9. The molecule has 3 aromatic carbocycles. The smallest absolute Gasteiger partial charge is 0.325 e. The van der Waals surface area contributed by atoms with Gasteiger partial charge in [0.1, 0.15) is 11.8 Å². The third-order valence-corrected chi connectivity index (χ3v) is 9.62. The minimum atomic E-state index is -4.79. The van der Waals surface area contributed by atoms with Gasteiger partial charge in [-0.25, -0.2) is 4.90 Å². The number of imide groups is 1. The highest BCUT2D eigenvalue weighted by molar-refractivity contribution is 8.00. The van der Waals surface area contributed by atoms with Crippen LogP contribution in [0.4, 0.5) is 24.5 Å². The van der Waals surface area contributed by atoms with Crippen LogP contribution >= 0.6 is 23.1 Å².